The summed E-state index contributed by atoms with van der Waals surface area (Å²) >= 11 is 6.40. The predicted molar refractivity (Wildman–Crippen MR) is 103 cm³/mol. The lowest BCUT2D eigenvalue weighted by Crippen LogP contribution is -2.02. The molecule has 0 bridgehead atoms. The van der Waals surface area contributed by atoms with Crippen molar-refractivity contribution in [3.63, 3.8) is 0 Å². The van der Waals surface area contributed by atoms with Gasteiger partial charge in [-0.2, -0.15) is 0 Å². The Bertz CT molecular complexity index is 945. The average molecular weight is 373 g/mol. The minimum atomic E-state index is -0.355. The number of halogens is 1. The van der Waals surface area contributed by atoms with E-state index in [2.05, 4.69) is 6.92 Å². The quantitative estimate of drug-likeness (QED) is 0.522. The van der Waals surface area contributed by atoms with E-state index in [4.69, 9.17) is 25.5 Å². The maximum absolute atomic E-state index is 11.9. The number of ether oxygens (including phenoxy) is 2. The highest BCUT2D eigenvalue weighted by molar-refractivity contribution is 6.32. The summed E-state index contributed by atoms with van der Waals surface area (Å²) < 4.78 is 16.3. The number of hydrogen-bond donors (Lipinski definition) is 0. The number of benzene rings is 2. The Labute approximate surface area is 157 Å². The average Bonchev–Trinajstić information content (AvgIpc) is 2.65. The van der Waals surface area contributed by atoms with Crippen LogP contribution in [0.2, 0.25) is 5.02 Å². The first-order chi connectivity index (χ1) is 12.6. The van der Waals surface area contributed by atoms with Gasteiger partial charge in [0.05, 0.1) is 12.1 Å². The third-order valence-corrected chi connectivity index (χ3v) is 4.53. The molecule has 0 aliphatic carbocycles. The largest absolute Gasteiger partial charge is 0.497 e. The molecule has 0 unspecified atom stereocenters. The molecule has 5 heteroatoms. The second kappa shape index (κ2) is 8.28. The first kappa shape index (κ1) is 18.3. The second-order valence-corrected chi connectivity index (χ2v) is 6.52. The van der Waals surface area contributed by atoms with Crippen molar-refractivity contribution in [1.82, 2.24) is 0 Å². The van der Waals surface area contributed by atoms with E-state index in [1.807, 2.05) is 30.3 Å². The van der Waals surface area contributed by atoms with Crippen LogP contribution < -0.4 is 15.1 Å². The molecule has 4 nitrogen and oxygen atoms in total. The molecule has 26 heavy (non-hydrogen) atoms. The van der Waals surface area contributed by atoms with Gasteiger partial charge in [0.25, 0.3) is 0 Å². The molecule has 0 saturated heterocycles. The first-order valence-electron chi connectivity index (χ1n) is 8.62. The normalized spacial score (nSPS) is 10.9. The second-order valence-electron chi connectivity index (χ2n) is 6.11. The zero-order valence-corrected chi connectivity index (χ0v) is 15.6. The molecular weight excluding hydrogens is 352 g/mol. The van der Waals surface area contributed by atoms with Crippen molar-refractivity contribution in [3.8, 4) is 11.5 Å². The Morgan fingerprint density at radius 2 is 1.88 bits per heavy atom. The predicted octanol–water partition coefficient (Wildman–Crippen LogP) is 5.38. The van der Waals surface area contributed by atoms with E-state index >= 15 is 0 Å². The van der Waals surface area contributed by atoms with E-state index < -0.39 is 0 Å². The molecule has 0 aliphatic heterocycles. The summed E-state index contributed by atoms with van der Waals surface area (Å²) in [5, 5.41) is 1.36. The van der Waals surface area contributed by atoms with Gasteiger partial charge in [-0.3, -0.25) is 0 Å². The lowest BCUT2D eigenvalue weighted by Gasteiger charge is -2.11. The lowest BCUT2D eigenvalue weighted by atomic mass is 10.0. The Hall–Kier alpha value is -2.46. The van der Waals surface area contributed by atoms with Crippen molar-refractivity contribution in [3.05, 3.63) is 69.0 Å². The first-order valence-corrected chi connectivity index (χ1v) is 9.00. The molecule has 0 amide bonds. The Morgan fingerprint density at radius 1 is 1.12 bits per heavy atom. The van der Waals surface area contributed by atoms with Gasteiger partial charge in [0.2, 0.25) is 0 Å². The highest BCUT2D eigenvalue weighted by Gasteiger charge is 2.11. The van der Waals surface area contributed by atoms with Gasteiger partial charge in [0, 0.05) is 17.5 Å². The topological polar surface area (TPSA) is 48.7 Å². The van der Waals surface area contributed by atoms with Crippen molar-refractivity contribution >= 4 is 22.6 Å². The fourth-order valence-electron chi connectivity index (χ4n) is 2.80. The molecule has 3 aromatic rings. The Kier molecular flexibility index (Phi) is 5.84. The molecule has 0 fully saturated rings. The van der Waals surface area contributed by atoms with Crippen molar-refractivity contribution in [1.29, 1.82) is 0 Å². The van der Waals surface area contributed by atoms with Crippen LogP contribution in [0.4, 0.5) is 0 Å². The molecule has 0 N–H and O–H groups in total. The molecule has 0 radical (unpaired) electrons. The van der Waals surface area contributed by atoms with Crippen LogP contribution in [0.1, 0.15) is 30.9 Å². The van der Waals surface area contributed by atoms with Crippen molar-refractivity contribution < 1.29 is 13.9 Å². The van der Waals surface area contributed by atoms with E-state index in [1.165, 1.54) is 0 Å². The molecule has 0 aliphatic rings. The smallest absolute Gasteiger partial charge is 0.336 e. The molecule has 1 heterocycles. The van der Waals surface area contributed by atoms with Gasteiger partial charge in [-0.25, -0.2) is 4.79 Å². The van der Waals surface area contributed by atoms with E-state index in [9.17, 15) is 4.79 Å². The number of methoxy groups -OCH3 is 1. The maximum Gasteiger partial charge on any atom is 0.336 e. The fraction of sp³-hybridized carbons (Fsp3) is 0.286. The monoisotopic (exact) mass is 372 g/mol. The van der Waals surface area contributed by atoms with E-state index in [1.54, 1.807) is 19.2 Å². The number of rotatable bonds is 7. The van der Waals surface area contributed by atoms with Crippen LogP contribution in [0.3, 0.4) is 0 Å². The van der Waals surface area contributed by atoms with Crippen LogP contribution >= 0.6 is 11.6 Å². The van der Waals surface area contributed by atoms with Crippen LogP contribution in [0.25, 0.3) is 11.0 Å². The number of hydrogen-bond acceptors (Lipinski definition) is 4. The molecule has 2 aromatic carbocycles. The van der Waals surface area contributed by atoms with Crippen LogP contribution in [0.15, 0.2) is 51.7 Å². The number of aryl methyl sites for hydroxylation is 1. The Morgan fingerprint density at radius 3 is 2.58 bits per heavy atom. The SMILES string of the molecule is CCCCc1cc(=O)oc2cc(OCc3ccc(OC)cc3)c(Cl)cc12. The van der Waals surface area contributed by atoms with E-state index in [0.717, 1.165) is 41.5 Å². The van der Waals surface area contributed by atoms with Gasteiger partial charge in [0.1, 0.15) is 23.7 Å². The summed E-state index contributed by atoms with van der Waals surface area (Å²) in [6, 6.07) is 12.7. The molecule has 3 rings (SSSR count). The lowest BCUT2D eigenvalue weighted by molar-refractivity contribution is 0.306. The van der Waals surface area contributed by atoms with E-state index in [0.29, 0.717) is 23.0 Å². The minimum absolute atomic E-state index is 0.355. The number of fused-ring (bicyclic) bond motifs is 1. The highest BCUT2D eigenvalue weighted by atomic mass is 35.5. The summed E-state index contributed by atoms with van der Waals surface area (Å²) in [6.07, 6.45) is 2.88. The van der Waals surface area contributed by atoms with Gasteiger partial charge in [0.15, 0.2) is 0 Å². The maximum atomic E-state index is 11.9. The van der Waals surface area contributed by atoms with Crippen LogP contribution in [0.5, 0.6) is 11.5 Å². The third-order valence-electron chi connectivity index (χ3n) is 4.24. The fourth-order valence-corrected chi connectivity index (χ4v) is 3.01. The van der Waals surface area contributed by atoms with Crippen molar-refractivity contribution in [2.24, 2.45) is 0 Å². The third kappa shape index (κ3) is 4.20. The zero-order valence-electron chi connectivity index (χ0n) is 14.9. The van der Waals surface area contributed by atoms with Gasteiger partial charge in [-0.15, -0.1) is 0 Å². The molecular formula is C21H21ClO4. The van der Waals surface area contributed by atoms with Crippen LogP contribution in [-0.4, -0.2) is 7.11 Å². The molecule has 136 valence electrons. The zero-order chi connectivity index (χ0) is 18.5. The highest BCUT2D eigenvalue weighted by Crippen LogP contribution is 2.32. The molecule has 0 saturated carbocycles. The summed E-state index contributed by atoms with van der Waals surface area (Å²) in [5.74, 6) is 1.28. The van der Waals surface area contributed by atoms with Gasteiger partial charge >= 0.3 is 5.63 Å². The number of unbranched alkanes of at least 4 members (excludes halogenated alkanes) is 1. The molecule has 0 spiro atoms. The van der Waals surface area contributed by atoms with Crippen LogP contribution in [0, 0.1) is 0 Å². The molecule has 0 atom stereocenters. The summed E-state index contributed by atoms with van der Waals surface area (Å²) in [5.41, 5.74) is 2.09. The van der Waals surface area contributed by atoms with Crippen molar-refractivity contribution in [2.45, 2.75) is 32.8 Å². The standard InChI is InChI=1S/C21H21ClO4/c1-3-4-5-15-10-21(23)26-19-12-20(18(22)11-17(15)19)25-13-14-6-8-16(24-2)9-7-14/h6-12H,3-5,13H2,1-2H3. The Balaban J connectivity index is 1.86. The van der Waals surface area contributed by atoms with Gasteiger partial charge < -0.3 is 13.9 Å². The minimum Gasteiger partial charge on any atom is -0.497 e. The van der Waals surface area contributed by atoms with Gasteiger partial charge in [-0.1, -0.05) is 37.1 Å². The summed E-state index contributed by atoms with van der Waals surface area (Å²) in [4.78, 5) is 11.9. The van der Waals surface area contributed by atoms with E-state index in [-0.39, 0.29) is 5.63 Å². The summed E-state index contributed by atoms with van der Waals surface area (Å²) in [7, 11) is 1.63. The summed E-state index contributed by atoms with van der Waals surface area (Å²) in [6.45, 7) is 2.47. The molecule has 1 aromatic heterocycles. The van der Waals surface area contributed by atoms with Gasteiger partial charge in [-0.05, 0) is 42.2 Å². The van der Waals surface area contributed by atoms with Crippen LogP contribution in [-0.2, 0) is 13.0 Å². The van der Waals surface area contributed by atoms with Crippen molar-refractivity contribution in [2.75, 3.05) is 7.11 Å².